The lowest BCUT2D eigenvalue weighted by atomic mass is 9.88. The Morgan fingerprint density at radius 3 is 2.53 bits per heavy atom. The molecule has 1 aromatic rings. The summed E-state index contributed by atoms with van der Waals surface area (Å²) in [5.74, 6) is 0. The first-order valence-corrected chi connectivity index (χ1v) is 5.94. The SMILES string of the molecule is Cc1ccc(C)c(CC2(N)CCCC2)c1. The van der Waals surface area contributed by atoms with Crippen LogP contribution in [0.25, 0.3) is 0 Å². The van der Waals surface area contributed by atoms with Crippen LogP contribution in [0.3, 0.4) is 0 Å². The highest BCUT2D eigenvalue weighted by atomic mass is 14.7. The second-order valence-electron chi connectivity index (χ2n) is 5.18. The molecule has 1 aliphatic carbocycles. The van der Waals surface area contributed by atoms with E-state index in [1.54, 1.807) is 0 Å². The van der Waals surface area contributed by atoms with Crippen LogP contribution < -0.4 is 5.73 Å². The molecule has 1 saturated carbocycles. The molecule has 1 fully saturated rings. The summed E-state index contributed by atoms with van der Waals surface area (Å²) in [6.07, 6.45) is 6.06. The van der Waals surface area contributed by atoms with Gasteiger partial charge in [-0.2, -0.15) is 0 Å². The van der Waals surface area contributed by atoms with Gasteiger partial charge in [0, 0.05) is 5.54 Å². The fourth-order valence-corrected chi connectivity index (χ4v) is 2.63. The van der Waals surface area contributed by atoms with Crippen molar-refractivity contribution in [3.63, 3.8) is 0 Å². The highest BCUT2D eigenvalue weighted by Crippen LogP contribution is 2.31. The molecule has 0 saturated heterocycles. The molecule has 1 heteroatoms. The zero-order valence-electron chi connectivity index (χ0n) is 9.84. The maximum Gasteiger partial charge on any atom is 0.0195 e. The van der Waals surface area contributed by atoms with Crippen LogP contribution in [0.4, 0.5) is 0 Å². The van der Waals surface area contributed by atoms with Crippen LogP contribution >= 0.6 is 0 Å². The predicted molar refractivity (Wildman–Crippen MR) is 65.0 cm³/mol. The van der Waals surface area contributed by atoms with Gasteiger partial charge in [0.25, 0.3) is 0 Å². The van der Waals surface area contributed by atoms with Crippen molar-refractivity contribution in [2.75, 3.05) is 0 Å². The molecular weight excluding hydrogens is 182 g/mol. The molecule has 0 unspecified atom stereocenters. The monoisotopic (exact) mass is 203 g/mol. The van der Waals surface area contributed by atoms with E-state index in [2.05, 4.69) is 32.0 Å². The van der Waals surface area contributed by atoms with E-state index in [-0.39, 0.29) is 5.54 Å². The number of hydrogen-bond donors (Lipinski definition) is 1. The van der Waals surface area contributed by atoms with Gasteiger partial charge in [-0.25, -0.2) is 0 Å². The molecule has 82 valence electrons. The molecule has 0 heterocycles. The molecule has 0 aromatic heterocycles. The smallest absolute Gasteiger partial charge is 0.0195 e. The standard InChI is InChI=1S/C14H21N/c1-11-5-6-12(2)13(9-11)10-14(15)7-3-4-8-14/h5-6,9H,3-4,7-8,10,15H2,1-2H3. The maximum absolute atomic E-state index is 6.41. The number of aryl methyl sites for hydroxylation is 2. The van der Waals surface area contributed by atoms with Crippen LogP contribution in [0.1, 0.15) is 42.4 Å². The molecule has 0 aliphatic heterocycles. The van der Waals surface area contributed by atoms with E-state index >= 15 is 0 Å². The van der Waals surface area contributed by atoms with Gasteiger partial charge in [-0.3, -0.25) is 0 Å². The minimum atomic E-state index is 0.0819. The van der Waals surface area contributed by atoms with Gasteiger partial charge in [-0.1, -0.05) is 36.6 Å². The summed E-state index contributed by atoms with van der Waals surface area (Å²) in [5.41, 5.74) is 10.7. The van der Waals surface area contributed by atoms with Gasteiger partial charge in [-0.05, 0) is 44.2 Å². The van der Waals surface area contributed by atoms with Gasteiger partial charge < -0.3 is 5.73 Å². The van der Waals surface area contributed by atoms with Crippen LogP contribution in [0.2, 0.25) is 0 Å². The Morgan fingerprint density at radius 1 is 1.20 bits per heavy atom. The second-order valence-corrected chi connectivity index (χ2v) is 5.18. The summed E-state index contributed by atoms with van der Waals surface area (Å²) in [6, 6.07) is 6.68. The first-order valence-electron chi connectivity index (χ1n) is 5.94. The molecule has 1 nitrogen and oxygen atoms in total. The molecule has 1 aliphatic rings. The summed E-state index contributed by atoms with van der Waals surface area (Å²) >= 11 is 0. The van der Waals surface area contributed by atoms with Gasteiger partial charge in [0.05, 0.1) is 0 Å². The first kappa shape index (κ1) is 10.7. The highest BCUT2D eigenvalue weighted by molar-refractivity contribution is 5.32. The zero-order chi connectivity index (χ0) is 10.9. The van der Waals surface area contributed by atoms with Gasteiger partial charge in [-0.15, -0.1) is 0 Å². The summed E-state index contributed by atoms with van der Waals surface area (Å²) in [6.45, 7) is 4.34. The van der Waals surface area contributed by atoms with Gasteiger partial charge in [0.1, 0.15) is 0 Å². The van der Waals surface area contributed by atoms with Crippen LogP contribution in [0.5, 0.6) is 0 Å². The third kappa shape index (κ3) is 2.40. The summed E-state index contributed by atoms with van der Waals surface area (Å²) in [5, 5.41) is 0. The molecule has 0 spiro atoms. The Bertz CT molecular complexity index is 348. The van der Waals surface area contributed by atoms with Crippen molar-refractivity contribution in [1.82, 2.24) is 0 Å². The average Bonchev–Trinajstić information content (AvgIpc) is 2.59. The topological polar surface area (TPSA) is 26.0 Å². The van der Waals surface area contributed by atoms with Crippen LogP contribution in [0.15, 0.2) is 18.2 Å². The Hall–Kier alpha value is -0.820. The summed E-state index contributed by atoms with van der Waals surface area (Å²) in [4.78, 5) is 0. The molecular formula is C14H21N. The summed E-state index contributed by atoms with van der Waals surface area (Å²) in [7, 11) is 0. The predicted octanol–water partition coefficient (Wildman–Crippen LogP) is 3.12. The molecule has 0 amide bonds. The minimum absolute atomic E-state index is 0.0819. The van der Waals surface area contributed by atoms with Crippen molar-refractivity contribution in [2.45, 2.75) is 51.5 Å². The Labute approximate surface area is 92.7 Å². The van der Waals surface area contributed by atoms with Gasteiger partial charge in [0.15, 0.2) is 0 Å². The Morgan fingerprint density at radius 2 is 1.87 bits per heavy atom. The quantitative estimate of drug-likeness (QED) is 0.785. The van der Waals surface area contributed by atoms with Crippen LogP contribution in [-0.2, 0) is 6.42 Å². The maximum atomic E-state index is 6.41. The third-order valence-corrected chi connectivity index (χ3v) is 3.65. The number of rotatable bonds is 2. The van der Waals surface area contributed by atoms with E-state index in [4.69, 9.17) is 5.73 Å². The van der Waals surface area contributed by atoms with Crippen molar-refractivity contribution in [3.8, 4) is 0 Å². The second kappa shape index (κ2) is 3.97. The van der Waals surface area contributed by atoms with Crippen molar-refractivity contribution < 1.29 is 0 Å². The largest absolute Gasteiger partial charge is 0.325 e. The lowest BCUT2D eigenvalue weighted by Crippen LogP contribution is -2.38. The minimum Gasteiger partial charge on any atom is -0.325 e. The molecule has 0 radical (unpaired) electrons. The van der Waals surface area contributed by atoms with Crippen LogP contribution in [0, 0.1) is 13.8 Å². The van der Waals surface area contributed by atoms with E-state index in [9.17, 15) is 0 Å². The Kier molecular flexibility index (Phi) is 2.83. The normalized spacial score (nSPS) is 19.4. The fraction of sp³-hybridized carbons (Fsp3) is 0.571. The van der Waals surface area contributed by atoms with E-state index in [1.165, 1.54) is 42.4 Å². The molecule has 1 aromatic carbocycles. The number of nitrogens with two attached hydrogens (primary N) is 1. The van der Waals surface area contributed by atoms with E-state index in [0.29, 0.717) is 0 Å². The average molecular weight is 203 g/mol. The van der Waals surface area contributed by atoms with E-state index < -0.39 is 0 Å². The Balaban J connectivity index is 2.19. The van der Waals surface area contributed by atoms with Crippen molar-refractivity contribution in [3.05, 3.63) is 34.9 Å². The molecule has 2 N–H and O–H groups in total. The fourth-order valence-electron chi connectivity index (χ4n) is 2.63. The zero-order valence-corrected chi connectivity index (χ0v) is 9.84. The van der Waals surface area contributed by atoms with E-state index in [1.807, 2.05) is 0 Å². The first-order chi connectivity index (χ1) is 7.09. The van der Waals surface area contributed by atoms with Crippen molar-refractivity contribution in [1.29, 1.82) is 0 Å². The van der Waals surface area contributed by atoms with Crippen molar-refractivity contribution in [2.24, 2.45) is 5.73 Å². The number of hydrogen-bond acceptors (Lipinski definition) is 1. The van der Waals surface area contributed by atoms with Gasteiger partial charge in [0.2, 0.25) is 0 Å². The number of benzene rings is 1. The third-order valence-electron chi connectivity index (χ3n) is 3.65. The summed E-state index contributed by atoms with van der Waals surface area (Å²) < 4.78 is 0. The van der Waals surface area contributed by atoms with Crippen molar-refractivity contribution >= 4 is 0 Å². The molecule has 0 atom stereocenters. The van der Waals surface area contributed by atoms with E-state index in [0.717, 1.165) is 6.42 Å². The van der Waals surface area contributed by atoms with Crippen LogP contribution in [-0.4, -0.2) is 5.54 Å². The van der Waals surface area contributed by atoms with Gasteiger partial charge >= 0.3 is 0 Å². The highest BCUT2D eigenvalue weighted by Gasteiger charge is 2.29. The lowest BCUT2D eigenvalue weighted by molar-refractivity contribution is 0.435. The molecule has 15 heavy (non-hydrogen) atoms. The lowest BCUT2D eigenvalue weighted by Gasteiger charge is -2.24. The molecule has 2 rings (SSSR count). The molecule has 0 bridgehead atoms.